The topological polar surface area (TPSA) is 69.9 Å². The van der Waals surface area contributed by atoms with Crippen LogP contribution in [0, 0.1) is 0 Å². The van der Waals surface area contributed by atoms with Crippen molar-refractivity contribution in [3.05, 3.63) is 0 Å². The maximum Gasteiger partial charge on any atom is 0.362 e. The molecule has 2 N–H and O–H groups in total. The lowest BCUT2D eigenvalue weighted by atomic mass is 10.0. The van der Waals surface area contributed by atoms with Gasteiger partial charge in [0.1, 0.15) is 6.54 Å². The first-order valence-electron chi connectivity index (χ1n) is 9.79. The van der Waals surface area contributed by atoms with E-state index in [-0.39, 0.29) is 4.48 Å². The smallest absolute Gasteiger partial charge is 0.362 e. The third-order valence-corrected chi connectivity index (χ3v) is 5.46. The van der Waals surface area contributed by atoms with Crippen LogP contribution < -0.4 is 0 Å². The zero-order valence-corrected chi connectivity index (χ0v) is 15.8. The molecule has 0 aromatic heterocycles. The van der Waals surface area contributed by atoms with Gasteiger partial charge in [0.15, 0.2) is 12.3 Å². The quantitative estimate of drug-likeness (QED) is 0.394. The van der Waals surface area contributed by atoms with Gasteiger partial charge in [0.05, 0.1) is 6.54 Å². The fourth-order valence-corrected chi connectivity index (χ4v) is 3.83. The van der Waals surface area contributed by atoms with Crippen LogP contribution in [0.25, 0.3) is 0 Å². The molecule has 5 nitrogen and oxygen atoms in total. The molecule has 0 aromatic rings. The van der Waals surface area contributed by atoms with Crippen molar-refractivity contribution in [2.24, 2.45) is 4.99 Å². The molecule has 0 aromatic carbocycles. The monoisotopic (exact) mass is 341 g/mol. The molecule has 0 bridgehead atoms. The number of hydrogen-bond acceptors (Lipinski definition) is 3. The number of unbranched alkanes of at least 4 members (excludes halogenated alkanes) is 8. The number of hydrogen-bond donors (Lipinski definition) is 2. The Morgan fingerprint density at radius 1 is 1.08 bits per heavy atom. The Kier molecular flexibility index (Phi) is 9.52. The Labute approximate surface area is 147 Å². The number of amidine groups is 1. The highest BCUT2D eigenvalue weighted by molar-refractivity contribution is 5.81. The molecule has 1 rings (SSSR count). The lowest BCUT2D eigenvalue weighted by molar-refractivity contribution is -0.897. The van der Waals surface area contributed by atoms with Crippen molar-refractivity contribution in [2.45, 2.75) is 97.2 Å². The Morgan fingerprint density at radius 2 is 1.62 bits per heavy atom. The highest BCUT2D eigenvalue weighted by Crippen LogP contribution is 2.27. The maximum atomic E-state index is 11.5. The number of aliphatic carboxylic acids is 1. The molecule has 5 heteroatoms. The molecule has 1 aliphatic rings. The van der Waals surface area contributed by atoms with Crippen LogP contribution in [-0.2, 0) is 4.79 Å². The molecular formula is C19H37N2O3+. The molecular weight excluding hydrogens is 304 g/mol. The molecule has 0 saturated heterocycles. The largest absolute Gasteiger partial charge is 0.477 e. The Balaban J connectivity index is 2.36. The number of carboxylic acids is 1. The second kappa shape index (κ2) is 10.8. The maximum absolute atomic E-state index is 11.5. The van der Waals surface area contributed by atoms with Gasteiger partial charge in [-0.2, -0.15) is 0 Å². The fraction of sp³-hybridized carbons (Fsp3) is 0.895. The molecule has 0 fully saturated rings. The fourth-order valence-electron chi connectivity index (χ4n) is 3.83. The number of nitrogens with zero attached hydrogens (tertiary/aromatic N) is 2. The normalized spacial score (nSPS) is 23.1. The number of carbonyl (C=O) groups is 1. The first kappa shape index (κ1) is 21.1. The minimum Gasteiger partial charge on any atom is -0.477 e. The van der Waals surface area contributed by atoms with Crippen LogP contribution in [0.5, 0.6) is 0 Å². The van der Waals surface area contributed by atoms with E-state index in [4.69, 9.17) is 0 Å². The summed E-state index contributed by atoms with van der Waals surface area (Å²) < 4.78 is 0.117. The van der Waals surface area contributed by atoms with E-state index in [1.165, 1.54) is 44.9 Å². The number of rotatable bonds is 13. The summed E-state index contributed by atoms with van der Waals surface area (Å²) in [5, 5.41) is 19.7. The van der Waals surface area contributed by atoms with Gasteiger partial charge in [0.25, 0.3) is 0 Å². The minimum atomic E-state index is -0.863. The minimum absolute atomic E-state index is 0.117. The van der Waals surface area contributed by atoms with Crippen molar-refractivity contribution in [2.75, 3.05) is 13.1 Å². The number of carboxylic acid groups (broad SMARTS) is 1. The van der Waals surface area contributed by atoms with E-state index in [1.807, 2.05) is 0 Å². The van der Waals surface area contributed by atoms with Gasteiger partial charge in [0.2, 0.25) is 5.84 Å². The average Bonchev–Trinajstić information content (AvgIpc) is 2.97. The highest BCUT2D eigenvalue weighted by Gasteiger charge is 2.49. The molecule has 0 radical (unpaired) electrons. The van der Waals surface area contributed by atoms with Gasteiger partial charge in [-0.25, -0.2) is 14.3 Å². The van der Waals surface area contributed by atoms with Crippen molar-refractivity contribution in [1.29, 1.82) is 0 Å². The van der Waals surface area contributed by atoms with Crippen molar-refractivity contribution in [1.82, 2.24) is 0 Å². The standard InChI is InChI=1S/C19H36N2O3/c1-4-5-6-7-8-9-10-11-12-13-18-20-14-15-21(18,17(3)22)16(2)19(23)24/h16-17,22H,4-15H2,1-3H3/p+1. The van der Waals surface area contributed by atoms with Crippen molar-refractivity contribution in [3.8, 4) is 0 Å². The van der Waals surface area contributed by atoms with Gasteiger partial charge in [-0.15, -0.1) is 0 Å². The van der Waals surface area contributed by atoms with E-state index in [0.717, 1.165) is 25.1 Å². The SMILES string of the molecule is CCCCCCCCCCCC1=NCC[N+]1(C(C)O)C(C)C(=O)O. The third-order valence-electron chi connectivity index (χ3n) is 5.46. The van der Waals surface area contributed by atoms with E-state index in [9.17, 15) is 15.0 Å². The molecule has 3 atom stereocenters. The van der Waals surface area contributed by atoms with Gasteiger partial charge in [-0.1, -0.05) is 58.3 Å². The van der Waals surface area contributed by atoms with Crippen LogP contribution in [0.1, 0.15) is 85.0 Å². The summed E-state index contributed by atoms with van der Waals surface area (Å²) in [5.74, 6) is 0.0143. The molecule has 0 aliphatic carbocycles. The molecule has 1 aliphatic heterocycles. The summed E-state index contributed by atoms with van der Waals surface area (Å²) in [6.45, 7) is 6.83. The second-order valence-electron chi connectivity index (χ2n) is 7.18. The van der Waals surface area contributed by atoms with E-state index in [0.29, 0.717) is 13.1 Å². The number of aliphatic hydroxyl groups is 1. The van der Waals surface area contributed by atoms with Gasteiger partial charge in [-0.3, -0.25) is 0 Å². The lowest BCUT2D eigenvalue weighted by Gasteiger charge is -2.40. The van der Waals surface area contributed by atoms with E-state index < -0.39 is 18.2 Å². The Morgan fingerprint density at radius 3 is 2.12 bits per heavy atom. The Hall–Kier alpha value is -0.940. The van der Waals surface area contributed by atoms with Crippen LogP contribution in [-0.4, -0.2) is 51.9 Å². The van der Waals surface area contributed by atoms with E-state index >= 15 is 0 Å². The first-order chi connectivity index (χ1) is 11.5. The van der Waals surface area contributed by atoms with Crippen LogP contribution in [0.4, 0.5) is 0 Å². The molecule has 0 saturated carbocycles. The average molecular weight is 342 g/mol. The molecule has 3 unspecified atom stereocenters. The van der Waals surface area contributed by atoms with Gasteiger partial charge >= 0.3 is 5.97 Å². The second-order valence-corrected chi connectivity index (χ2v) is 7.18. The van der Waals surface area contributed by atoms with Crippen molar-refractivity contribution < 1.29 is 19.5 Å². The summed E-state index contributed by atoms with van der Waals surface area (Å²) >= 11 is 0. The van der Waals surface area contributed by atoms with E-state index in [2.05, 4.69) is 11.9 Å². The number of aliphatic imine (C=N–C) groups is 1. The first-order valence-corrected chi connectivity index (χ1v) is 9.79. The van der Waals surface area contributed by atoms with E-state index in [1.54, 1.807) is 13.8 Å². The van der Waals surface area contributed by atoms with Crippen LogP contribution in [0.3, 0.4) is 0 Å². The predicted molar refractivity (Wildman–Crippen MR) is 98.1 cm³/mol. The summed E-state index contributed by atoms with van der Waals surface area (Å²) in [6, 6.07) is -0.648. The zero-order chi connectivity index (χ0) is 18.0. The summed E-state index contributed by atoms with van der Waals surface area (Å²) in [6.07, 6.45) is 11.5. The van der Waals surface area contributed by atoms with Crippen molar-refractivity contribution >= 4 is 11.8 Å². The number of quaternary nitrogens is 1. The molecule has 0 spiro atoms. The summed E-state index contributed by atoms with van der Waals surface area (Å²) in [7, 11) is 0. The molecule has 24 heavy (non-hydrogen) atoms. The highest BCUT2D eigenvalue weighted by atomic mass is 16.4. The van der Waals surface area contributed by atoms with Gasteiger partial charge < -0.3 is 10.2 Å². The van der Waals surface area contributed by atoms with Gasteiger partial charge in [-0.05, 0) is 13.3 Å². The molecule has 140 valence electrons. The van der Waals surface area contributed by atoms with Crippen LogP contribution in [0.2, 0.25) is 0 Å². The third kappa shape index (κ3) is 5.55. The predicted octanol–water partition coefficient (Wildman–Crippen LogP) is 3.95. The Bertz CT molecular complexity index is 409. The van der Waals surface area contributed by atoms with Crippen molar-refractivity contribution in [3.63, 3.8) is 0 Å². The van der Waals surface area contributed by atoms with Gasteiger partial charge in [0, 0.05) is 13.3 Å². The number of aliphatic hydroxyl groups excluding tert-OH is 1. The summed E-state index contributed by atoms with van der Waals surface area (Å²) in [5.41, 5.74) is 0. The summed E-state index contributed by atoms with van der Waals surface area (Å²) in [4.78, 5) is 16.0. The molecule has 0 amide bonds. The van der Waals surface area contributed by atoms with Crippen LogP contribution >= 0.6 is 0 Å². The lowest BCUT2D eigenvalue weighted by Crippen LogP contribution is -2.64. The molecule has 1 heterocycles. The van der Waals surface area contributed by atoms with Crippen LogP contribution in [0.15, 0.2) is 4.99 Å². The zero-order valence-electron chi connectivity index (χ0n) is 15.8.